The number of nitrogens with one attached hydrogen (secondary N) is 1. The van der Waals surface area contributed by atoms with Crippen molar-refractivity contribution in [2.75, 3.05) is 36.0 Å². The largest absolute Gasteiger partial charge is 0.351 e. The summed E-state index contributed by atoms with van der Waals surface area (Å²) in [6.45, 7) is 2.88. The van der Waals surface area contributed by atoms with Crippen molar-refractivity contribution in [3.05, 3.63) is 35.3 Å². The second kappa shape index (κ2) is 6.27. The van der Waals surface area contributed by atoms with Gasteiger partial charge in [-0.15, -0.1) is 0 Å². The van der Waals surface area contributed by atoms with E-state index in [0.717, 1.165) is 43.1 Å². The second-order valence-electron chi connectivity index (χ2n) is 7.41. The highest BCUT2D eigenvalue weighted by Crippen LogP contribution is 2.32. The maximum Gasteiger partial charge on any atom is 0.322 e. The number of fused-ring (bicyclic) bond motifs is 1. The molecule has 27 heavy (non-hydrogen) atoms. The molecule has 0 atom stereocenters. The highest BCUT2D eigenvalue weighted by molar-refractivity contribution is 5.93. The van der Waals surface area contributed by atoms with E-state index in [2.05, 4.69) is 21.4 Å². The summed E-state index contributed by atoms with van der Waals surface area (Å²) in [7, 11) is 0. The summed E-state index contributed by atoms with van der Waals surface area (Å²) < 4.78 is 1.92. The lowest BCUT2D eigenvalue weighted by molar-refractivity contribution is 0.252. The minimum absolute atomic E-state index is 0.0679. The highest BCUT2D eigenvalue weighted by Gasteiger charge is 2.33. The molecule has 0 spiro atoms. The first-order valence-electron chi connectivity index (χ1n) is 9.50. The smallest absolute Gasteiger partial charge is 0.322 e. The molecule has 0 saturated carbocycles. The molecule has 2 aromatic heterocycles. The van der Waals surface area contributed by atoms with Crippen molar-refractivity contribution in [1.29, 1.82) is 5.26 Å². The first-order valence-corrected chi connectivity index (χ1v) is 9.50. The number of rotatable bonds is 3. The van der Waals surface area contributed by atoms with E-state index in [-0.39, 0.29) is 12.1 Å². The Morgan fingerprint density at radius 2 is 2.11 bits per heavy atom. The third-order valence-electron chi connectivity index (χ3n) is 5.69. The number of aromatic nitrogens is 3. The fourth-order valence-electron chi connectivity index (χ4n) is 4.13. The van der Waals surface area contributed by atoms with Gasteiger partial charge in [-0.2, -0.15) is 10.4 Å². The Morgan fingerprint density at radius 1 is 1.26 bits per heavy atom. The zero-order chi connectivity index (χ0) is 18.4. The number of hydrogen-bond donors (Lipinski definition) is 1. The summed E-state index contributed by atoms with van der Waals surface area (Å²) in [5, 5.41) is 16.8. The Morgan fingerprint density at radius 3 is 2.89 bits per heavy atom. The van der Waals surface area contributed by atoms with Gasteiger partial charge in [0.2, 0.25) is 0 Å². The minimum Gasteiger partial charge on any atom is -0.351 e. The molecule has 2 aliphatic heterocycles. The lowest BCUT2D eigenvalue weighted by atomic mass is 9.94. The van der Waals surface area contributed by atoms with E-state index in [1.54, 1.807) is 11.1 Å². The fraction of sp³-hybridized carbons (Fsp3) is 0.474. The molecular formula is C19H21N7O. The van der Waals surface area contributed by atoms with Crippen molar-refractivity contribution < 1.29 is 4.79 Å². The van der Waals surface area contributed by atoms with Crippen LogP contribution in [0.5, 0.6) is 0 Å². The van der Waals surface area contributed by atoms with Crippen molar-refractivity contribution in [3.63, 3.8) is 0 Å². The molecule has 4 heterocycles. The summed E-state index contributed by atoms with van der Waals surface area (Å²) in [4.78, 5) is 20.5. The van der Waals surface area contributed by atoms with Crippen molar-refractivity contribution in [2.45, 2.75) is 31.7 Å². The third kappa shape index (κ3) is 2.70. The predicted octanol–water partition coefficient (Wildman–Crippen LogP) is 1.62. The Labute approximate surface area is 157 Å². The molecule has 8 nitrogen and oxygen atoms in total. The molecule has 2 aromatic rings. The van der Waals surface area contributed by atoms with Crippen molar-refractivity contribution in [1.82, 2.24) is 20.1 Å². The second-order valence-corrected chi connectivity index (χ2v) is 7.41. The lowest BCUT2D eigenvalue weighted by Gasteiger charge is -2.40. The summed E-state index contributed by atoms with van der Waals surface area (Å²) in [5.41, 5.74) is 3.89. The van der Waals surface area contributed by atoms with E-state index < -0.39 is 0 Å². The van der Waals surface area contributed by atoms with Crippen LogP contribution in [-0.4, -0.2) is 47.0 Å². The van der Waals surface area contributed by atoms with Crippen LogP contribution in [0.4, 0.5) is 16.3 Å². The molecule has 5 rings (SSSR count). The molecular weight excluding hydrogens is 342 g/mol. The SMILES string of the molecule is N#Cc1cc2c(nc1N1CC(n3cc(N4CCNC4=O)cn3)C1)CCCC2. The van der Waals surface area contributed by atoms with Crippen LogP contribution < -0.4 is 15.1 Å². The number of urea groups is 1. The topological polar surface area (TPSA) is 90.1 Å². The molecule has 0 aromatic carbocycles. The van der Waals surface area contributed by atoms with Crippen LogP contribution in [0.2, 0.25) is 0 Å². The van der Waals surface area contributed by atoms with Gasteiger partial charge in [-0.05, 0) is 37.3 Å². The van der Waals surface area contributed by atoms with Crippen LogP contribution in [0.25, 0.3) is 0 Å². The standard InChI is InChI=1S/C19H21N7O/c20-8-14-7-13-3-1-2-4-17(13)23-18(14)24-10-16(11-24)26-12-15(9-22-26)25-6-5-21-19(25)27/h7,9,12,16H,1-6,10-11H2,(H,21,27). The van der Waals surface area contributed by atoms with Crippen LogP contribution in [0.1, 0.15) is 35.7 Å². The van der Waals surface area contributed by atoms with E-state index in [4.69, 9.17) is 4.98 Å². The fourth-order valence-corrected chi connectivity index (χ4v) is 4.13. The van der Waals surface area contributed by atoms with E-state index in [9.17, 15) is 10.1 Å². The van der Waals surface area contributed by atoms with Gasteiger partial charge in [-0.3, -0.25) is 9.58 Å². The third-order valence-corrected chi connectivity index (χ3v) is 5.69. The van der Waals surface area contributed by atoms with Crippen LogP contribution in [0.15, 0.2) is 18.5 Å². The van der Waals surface area contributed by atoms with E-state index in [0.29, 0.717) is 18.7 Å². The summed E-state index contributed by atoms with van der Waals surface area (Å²) in [5.74, 6) is 0.806. The molecule has 8 heteroatoms. The van der Waals surface area contributed by atoms with Gasteiger partial charge in [0.25, 0.3) is 0 Å². The number of aryl methyl sites for hydroxylation is 2. The van der Waals surface area contributed by atoms with Crippen LogP contribution in [0.3, 0.4) is 0 Å². The molecule has 138 valence electrons. The molecule has 2 amide bonds. The van der Waals surface area contributed by atoms with E-state index in [1.165, 1.54) is 18.4 Å². The lowest BCUT2D eigenvalue weighted by Crippen LogP contribution is -2.48. The van der Waals surface area contributed by atoms with E-state index in [1.807, 2.05) is 16.9 Å². The molecule has 2 saturated heterocycles. The number of anilines is 2. The average molecular weight is 363 g/mol. The number of pyridine rings is 1. The van der Waals surface area contributed by atoms with Gasteiger partial charge >= 0.3 is 6.03 Å². The summed E-state index contributed by atoms with van der Waals surface area (Å²) >= 11 is 0. The molecule has 0 radical (unpaired) electrons. The normalized spacial score (nSPS) is 19.4. The summed E-state index contributed by atoms with van der Waals surface area (Å²) in [6, 6.07) is 4.51. The predicted molar refractivity (Wildman–Crippen MR) is 99.8 cm³/mol. The van der Waals surface area contributed by atoms with Crippen molar-refractivity contribution in [3.8, 4) is 6.07 Å². The van der Waals surface area contributed by atoms with Crippen molar-refractivity contribution in [2.24, 2.45) is 0 Å². The molecule has 3 aliphatic rings. The van der Waals surface area contributed by atoms with Gasteiger partial charge in [0.15, 0.2) is 0 Å². The van der Waals surface area contributed by atoms with Gasteiger partial charge in [0, 0.05) is 38.1 Å². The molecule has 1 N–H and O–H groups in total. The maximum absolute atomic E-state index is 11.8. The van der Waals surface area contributed by atoms with E-state index >= 15 is 0 Å². The van der Waals surface area contributed by atoms with Crippen LogP contribution in [0, 0.1) is 11.3 Å². The van der Waals surface area contributed by atoms with Gasteiger partial charge in [-0.25, -0.2) is 9.78 Å². The minimum atomic E-state index is -0.0679. The molecule has 0 unspecified atom stereocenters. The number of carbonyl (C=O) groups is 1. The first kappa shape index (κ1) is 16.1. The van der Waals surface area contributed by atoms with Gasteiger partial charge < -0.3 is 10.2 Å². The van der Waals surface area contributed by atoms with Crippen molar-refractivity contribution >= 4 is 17.5 Å². The zero-order valence-electron chi connectivity index (χ0n) is 15.1. The number of nitrogens with zero attached hydrogens (tertiary/aromatic N) is 6. The first-order chi connectivity index (χ1) is 13.2. The monoisotopic (exact) mass is 363 g/mol. The van der Waals surface area contributed by atoms with Gasteiger partial charge in [-0.1, -0.05) is 0 Å². The molecule has 0 bridgehead atoms. The van der Waals surface area contributed by atoms with Gasteiger partial charge in [0.05, 0.1) is 23.5 Å². The van der Waals surface area contributed by atoms with Gasteiger partial charge in [0.1, 0.15) is 11.9 Å². The highest BCUT2D eigenvalue weighted by atomic mass is 16.2. The number of amides is 2. The summed E-state index contributed by atoms with van der Waals surface area (Å²) in [6.07, 6.45) is 8.06. The molecule has 2 fully saturated rings. The maximum atomic E-state index is 11.8. The average Bonchev–Trinajstić information content (AvgIpc) is 3.28. The Balaban J connectivity index is 1.32. The Hall–Kier alpha value is -3.08. The number of nitriles is 1. The number of hydrogen-bond acceptors (Lipinski definition) is 5. The molecule has 1 aliphatic carbocycles. The van der Waals surface area contributed by atoms with Crippen LogP contribution >= 0.6 is 0 Å². The Kier molecular flexibility index (Phi) is 3.74. The number of carbonyl (C=O) groups excluding carboxylic acids is 1. The van der Waals surface area contributed by atoms with Crippen LogP contribution in [-0.2, 0) is 12.8 Å². The quantitative estimate of drug-likeness (QED) is 0.895. The Bertz CT molecular complexity index is 938. The zero-order valence-corrected chi connectivity index (χ0v) is 15.1.